The van der Waals surface area contributed by atoms with E-state index in [2.05, 4.69) is 10.3 Å². The summed E-state index contributed by atoms with van der Waals surface area (Å²) >= 11 is 11.6. The highest BCUT2D eigenvalue weighted by atomic mass is 35.5. The third-order valence-corrected chi connectivity index (χ3v) is 3.06. The SMILES string of the molecule is CC1(O)CN(CC(=O)Nc2ncc(Cl)cc2Cl)C1. The first-order valence-electron chi connectivity index (χ1n) is 5.41. The third-order valence-electron chi connectivity index (χ3n) is 2.56. The fourth-order valence-electron chi connectivity index (χ4n) is 1.91. The molecular weight excluding hydrogens is 277 g/mol. The number of halogens is 2. The molecule has 18 heavy (non-hydrogen) atoms. The Morgan fingerprint density at radius 3 is 2.83 bits per heavy atom. The predicted octanol–water partition coefficient (Wildman–Crippen LogP) is 1.39. The largest absolute Gasteiger partial charge is 0.388 e. The summed E-state index contributed by atoms with van der Waals surface area (Å²) in [4.78, 5) is 17.5. The second-order valence-corrected chi connectivity index (χ2v) is 5.52. The van der Waals surface area contributed by atoms with Crippen LogP contribution in [-0.2, 0) is 4.79 Å². The maximum absolute atomic E-state index is 11.7. The van der Waals surface area contributed by atoms with Crippen molar-refractivity contribution < 1.29 is 9.90 Å². The van der Waals surface area contributed by atoms with Gasteiger partial charge < -0.3 is 10.4 Å². The molecular formula is C11H13Cl2N3O2. The molecule has 1 saturated heterocycles. The van der Waals surface area contributed by atoms with Crippen LogP contribution >= 0.6 is 23.2 Å². The van der Waals surface area contributed by atoms with Crippen LogP contribution in [0.1, 0.15) is 6.92 Å². The van der Waals surface area contributed by atoms with Gasteiger partial charge in [-0.2, -0.15) is 0 Å². The minimum absolute atomic E-state index is 0.205. The summed E-state index contributed by atoms with van der Waals surface area (Å²) in [7, 11) is 0. The van der Waals surface area contributed by atoms with Crippen LogP contribution in [0.4, 0.5) is 5.82 Å². The second-order valence-electron chi connectivity index (χ2n) is 4.67. The zero-order valence-electron chi connectivity index (χ0n) is 9.78. The number of carbonyl (C=O) groups excluding carboxylic acids is 1. The van der Waals surface area contributed by atoms with Gasteiger partial charge in [0.1, 0.15) is 0 Å². The summed E-state index contributed by atoms with van der Waals surface area (Å²) in [5.41, 5.74) is -0.684. The molecule has 1 aliphatic rings. The van der Waals surface area contributed by atoms with E-state index < -0.39 is 5.60 Å². The molecule has 1 aliphatic heterocycles. The number of hydrogen-bond donors (Lipinski definition) is 2. The highest BCUT2D eigenvalue weighted by molar-refractivity contribution is 6.36. The van der Waals surface area contributed by atoms with E-state index in [1.807, 2.05) is 4.90 Å². The van der Waals surface area contributed by atoms with Crippen molar-refractivity contribution in [1.82, 2.24) is 9.88 Å². The molecule has 2 rings (SSSR count). The van der Waals surface area contributed by atoms with E-state index >= 15 is 0 Å². The van der Waals surface area contributed by atoms with Crippen molar-refractivity contribution in [3.05, 3.63) is 22.3 Å². The van der Waals surface area contributed by atoms with Crippen LogP contribution in [0, 0.1) is 0 Å². The van der Waals surface area contributed by atoms with Crippen molar-refractivity contribution in [2.45, 2.75) is 12.5 Å². The Hall–Kier alpha value is -0.880. The molecule has 7 heteroatoms. The van der Waals surface area contributed by atoms with Gasteiger partial charge in [0.15, 0.2) is 5.82 Å². The van der Waals surface area contributed by atoms with E-state index in [0.29, 0.717) is 29.0 Å². The number of hydrogen-bond acceptors (Lipinski definition) is 4. The molecule has 0 atom stereocenters. The van der Waals surface area contributed by atoms with Gasteiger partial charge in [-0.05, 0) is 13.0 Å². The predicted molar refractivity (Wildman–Crippen MR) is 70.0 cm³/mol. The molecule has 1 aromatic heterocycles. The summed E-state index contributed by atoms with van der Waals surface area (Å²) in [5, 5.41) is 12.9. The summed E-state index contributed by atoms with van der Waals surface area (Å²) < 4.78 is 0. The minimum atomic E-state index is -0.684. The van der Waals surface area contributed by atoms with Gasteiger partial charge in [0.25, 0.3) is 0 Å². The Labute approximate surface area is 115 Å². The van der Waals surface area contributed by atoms with Crippen LogP contribution in [0.5, 0.6) is 0 Å². The van der Waals surface area contributed by atoms with Crippen molar-refractivity contribution in [1.29, 1.82) is 0 Å². The highest BCUT2D eigenvalue weighted by Crippen LogP contribution is 2.23. The van der Waals surface area contributed by atoms with Crippen molar-refractivity contribution >= 4 is 34.9 Å². The lowest BCUT2D eigenvalue weighted by Crippen LogP contribution is -2.61. The lowest BCUT2D eigenvalue weighted by atomic mass is 9.97. The minimum Gasteiger partial charge on any atom is -0.388 e. The summed E-state index contributed by atoms with van der Waals surface area (Å²) in [6, 6.07) is 1.51. The molecule has 1 fully saturated rings. The molecule has 2 heterocycles. The Morgan fingerprint density at radius 2 is 2.28 bits per heavy atom. The number of aromatic nitrogens is 1. The molecule has 0 spiro atoms. The number of nitrogens with one attached hydrogen (secondary N) is 1. The van der Waals surface area contributed by atoms with Gasteiger partial charge in [-0.15, -0.1) is 0 Å². The van der Waals surface area contributed by atoms with Gasteiger partial charge in [0.05, 0.1) is 22.2 Å². The number of carbonyl (C=O) groups is 1. The van der Waals surface area contributed by atoms with Crippen LogP contribution < -0.4 is 5.32 Å². The first-order valence-corrected chi connectivity index (χ1v) is 6.17. The maximum Gasteiger partial charge on any atom is 0.239 e. The molecule has 0 unspecified atom stereocenters. The molecule has 1 amide bonds. The number of β-amino-alcohol motifs (C(OH)–C–C–N with tert-alkyl or cyclic N) is 1. The lowest BCUT2D eigenvalue weighted by Gasteiger charge is -2.43. The summed E-state index contributed by atoms with van der Waals surface area (Å²) in [5.74, 6) is 0.0700. The Morgan fingerprint density at radius 1 is 1.61 bits per heavy atom. The number of anilines is 1. The zero-order valence-corrected chi connectivity index (χ0v) is 11.3. The number of rotatable bonds is 3. The first kappa shape index (κ1) is 13.5. The van der Waals surface area contributed by atoms with Gasteiger partial charge in [0, 0.05) is 19.3 Å². The second kappa shape index (κ2) is 5.01. The van der Waals surface area contributed by atoms with Gasteiger partial charge >= 0.3 is 0 Å². The van der Waals surface area contributed by atoms with E-state index in [4.69, 9.17) is 23.2 Å². The number of pyridine rings is 1. The molecule has 0 aromatic carbocycles. The standard InChI is InChI=1S/C11H13Cl2N3O2/c1-11(18)5-16(6-11)4-9(17)15-10-8(13)2-7(12)3-14-10/h2-3,18H,4-6H2,1H3,(H,14,15,17). The van der Waals surface area contributed by atoms with Gasteiger partial charge in [-0.1, -0.05) is 23.2 Å². The topological polar surface area (TPSA) is 65.5 Å². The number of amides is 1. The average Bonchev–Trinajstić information content (AvgIpc) is 2.19. The van der Waals surface area contributed by atoms with E-state index in [1.54, 1.807) is 6.92 Å². The summed E-state index contributed by atoms with van der Waals surface area (Å²) in [6.07, 6.45) is 1.41. The fraction of sp³-hybridized carbons (Fsp3) is 0.455. The average molecular weight is 290 g/mol. The molecule has 5 nitrogen and oxygen atoms in total. The molecule has 2 N–H and O–H groups in total. The molecule has 98 valence electrons. The Balaban J connectivity index is 1.88. The van der Waals surface area contributed by atoms with E-state index in [9.17, 15) is 9.90 Å². The zero-order chi connectivity index (χ0) is 13.3. The fourth-order valence-corrected chi connectivity index (χ4v) is 2.34. The molecule has 0 saturated carbocycles. The van der Waals surface area contributed by atoms with Crippen LogP contribution in [0.3, 0.4) is 0 Å². The highest BCUT2D eigenvalue weighted by Gasteiger charge is 2.37. The smallest absolute Gasteiger partial charge is 0.239 e. The third kappa shape index (κ3) is 3.32. The van der Waals surface area contributed by atoms with E-state index in [-0.39, 0.29) is 12.5 Å². The maximum atomic E-state index is 11.7. The quantitative estimate of drug-likeness (QED) is 0.883. The monoisotopic (exact) mass is 289 g/mol. The first-order chi connectivity index (χ1) is 8.35. The Kier molecular flexibility index (Phi) is 3.77. The normalized spacial score (nSPS) is 18.2. The molecule has 0 aliphatic carbocycles. The van der Waals surface area contributed by atoms with Gasteiger partial charge in [-0.25, -0.2) is 4.98 Å². The lowest BCUT2D eigenvalue weighted by molar-refractivity contribution is -0.125. The molecule has 0 radical (unpaired) electrons. The van der Waals surface area contributed by atoms with E-state index in [1.165, 1.54) is 12.3 Å². The van der Waals surface area contributed by atoms with E-state index in [0.717, 1.165) is 0 Å². The Bertz CT molecular complexity index is 471. The van der Waals surface area contributed by atoms with Crippen LogP contribution in [0.2, 0.25) is 10.0 Å². The van der Waals surface area contributed by atoms with Crippen molar-refractivity contribution in [3.63, 3.8) is 0 Å². The van der Waals surface area contributed by atoms with Crippen molar-refractivity contribution in [2.75, 3.05) is 25.0 Å². The summed E-state index contributed by atoms with van der Waals surface area (Å²) in [6.45, 7) is 2.92. The van der Waals surface area contributed by atoms with Crippen molar-refractivity contribution in [3.8, 4) is 0 Å². The number of nitrogens with zero attached hydrogens (tertiary/aromatic N) is 2. The number of likely N-dealkylation sites (tertiary alicyclic amines) is 1. The molecule has 0 bridgehead atoms. The van der Waals surface area contributed by atoms with Crippen LogP contribution in [0.15, 0.2) is 12.3 Å². The van der Waals surface area contributed by atoms with Gasteiger partial charge in [0.2, 0.25) is 5.91 Å². The van der Waals surface area contributed by atoms with Gasteiger partial charge in [-0.3, -0.25) is 9.69 Å². The number of aliphatic hydroxyl groups is 1. The van der Waals surface area contributed by atoms with Crippen LogP contribution in [0.25, 0.3) is 0 Å². The van der Waals surface area contributed by atoms with Crippen LogP contribution in [-0.4, -0.2) is 46.1 Å². The molecule has 1 aromatic rings. The van der Waals surface area contributed by atoms with Crippen molar-refractivity contribution in [2.24, 2.45) is 0 Å².